The zero-order chi connectivity index (χ0) is 26.4. The van der Waals surface area contributed by atoms with Gasteiger partial charge in [0.15, 0.2) is 0 Å². The van der Waals surface area contributed by atoms with Crippen molar-refractivity contribution < 1.29 is 24.2 Å². The van der Waals surface area contributed by atoms with Crippen LogP contribution in [-0.2, 0) is 16.2 Å². The van der Waals surface area contributed by atoms with Gasteiger partial charge in [0.05, 0.1) is 18.2 Å². The Morgan fingerprint density at radius 1 is 0.919 bits per heavy atom. The first-order chi connectivity index (χ1) is 17.9. The standard InChI is InChI=1S/C30H32N2O5/c1-4-36-25-12-8-11-23(19-25)28(33)26-27(32(18-17-31(2)3)30(35)29(26)34)22-13-15-24(16-14-22)37-20-21-9-6-5-7-10-21/h5-16,19,27,33H,4,17-18,20H2,1-3H3/b28-26+. The van der Waals surface area contributed by atoms with Crippen LogP contribution in [0.15, 0.2) is 84.4 Å². The van der Waals surface area contributed by atoms with Crippen molar-refractivity contribution in [3.05, 3.63) is 101 Å². The van der Waals surface area contributed by atoms with E-state index < -0.39 is 17.7 Å². The zero-order valence-electron chi connectivity index (χ0n) is 21.4. The van der Waals surface area contributed by atoms with Crippen LogP contribution < -0.4 is 9.47 Å². The third-order valence-corrected chi connectivity index (χ3v) is 6.19. The molecule has 0 spiro atoms. The average Bonchev–Trinajstić information content (AvgIpc) is 3.16. The molecule has 3 aromatic rings. The first-order valence-electron chi connectivity index (χ1n) is 12.3. The highest BCUT2D eigenvalue weighted by Gasteiger charge is 2.45. The predicted molar refractivity (Wildman–Crippen MR) is 142 cm³/mol. The van der Waals surface area contributed by atoms with Crippen molar-refractivity contribution in [2.24, 2.45) is 0 Å². The summed E-state index contributed by atoms with van der Waals surface area (Å²) in [6.45, 7) is 3.68. The second-order valence-corrected chi connectivity index (χ2v) is 9.10. The lowest BCUT2D eigenvalue weighted by molar-refractivity contribution is -0.140. The van der Waals surface area contributed by atoms with E-state index >= 15 is 0 Å². The Balaban J connectivity index is 1.69. The quantitative estimate of drug-likeness (QED) is 0.248. The van der Waals surface area contributed by atoms with Crippen LogP contribution >= 0.6 is 0 Å². The van der Waals surface area contributed by atoms with Crippen molar-refractivity contribution in [1.82, 2.24) is 9.80 Å². The van der Waals surface area contributed by atoms with Gasteiger partial charge in [-0.05, 0) is 56.4 Å². The number of likely N-dealkylation sites (tertiary alicyclic amines) is 1. The number of aliphatic hydroxyl groups excluding tert-OH is 1. The van der Waals surface area contributed by atoms with Gasteiger partial charge in [-0.15, -0.1) is 0 Å². The van der Waals surface area contributed by atoms with Gasteiger partial charge in [0.2, 0.25) is 0 Å². The molecule has 3 aromatic carbocycles. The normalized spacial score (nSPS) is 16.9. The maximum Gasteiger partial charge on any atom is 0.295 e. The Kier molecular flexibility index (Phi) is 8.25. The number of carbonyl (C=O) groups excluding carboxylic acids is 2. The van der Waals surface area contributed by atoms with E-state index in [1.165, 1.54) is 4.90 Å². The minimum absolute atomic E-state index is 0.0651. The molecule has 0 saturated carbocycles. The number of benzene rings is 3. The molecule has 1 atom stereocenters. The van der Waals surface area contributed by atoms with E-state index in [0.29, 0.717) is 48.9 Å². The lowest BCUT2D eigenvalue weighted by Crippen LogP contribution is -2.35. The van der Waals surface area contributed by atoms with Crippen LogP contribution in [0.5, 0.6) is 11.5 Å². The SMILES string of the molecule is CCOc1cccc(/C(O)=C2\C(=O)C(=O)N(CCN(C)C)C2c2ccc(OCc3ccccc3)cc2)c1. The van der Waals surface area contributed by atoms with Gasteiger partial charge in [0, 0.05) is 18.7 Å². The molecule has 0 radical (unpaired) electrons. The second-order valence-electron chi connectivity index (χ2n) is 9.10. The summed E-state index contributed by atoms with van der Waals surface area (Å²) in [6.07, 6.45) is 0. The maximum atomic E-state index is 13.2. The zero-order valence-corrected chi connectivity index (χ0v) is 21.4. The Hall–Kier alpha value is -4.10. The van der Waals surface area contributed by atoms with Crippen molar-refractivity contribution in [3.8, 4) is 11.5 Å². The van der Waals surface area contributed by atoms with E-state index in [-0.39, 0.29) is 11.3 Å². The molecule has 1 aliphatic rings. The van der Waals surface area contributed by atoms with Gasteiger partial charge in [0.25, 0.3) is 11.7 Å². The highest BCUT2D eigenvalue weighted by molar-refractivity contribution is 6.46. The molecule has 192 valence electrons. The third-order valence-electron chi connectivity index (χ3n) is 6.19. The number of ketones is 1. The van der Waals surface area contributed by atoms with Crippen LogP contribution in [0.1, 0.15) is 29.7 Å². The first kappa shape index (κ1) is 26.0. The molecule has 0 bridgehead atoms. The van der Waals surface area contributed by atoms with Gasteiger partial charge < -0.3 is 24.4 Å². The van der Waals surface area contributed by atoms with E-state index in [4.69, 9.17) is 9.47 Å². The summed E-state index contributed by atoms with van der Waals surface area (Å²) in [5.74, 6) is -0.306. The summed E-state index contributed by atoms with van der Waals surface area (Å²) in [7, 11) is 3.81. The summed E-state index contributed by atoms with van der Waals surface area (Å²) in [5.41, 5.74) is 2.25. The van der Waals surface area contributed by atoms with Crippen LogP contribution in [0.4, 0.5) is 0 Å². The third kappa shape index (κ3) is 6.01. The molecule has 7 heteroatoms. The van der Waals surface area contributed by atoms with Crippen LogP contribution in [0, 0.1) is 0 Å². The lowest BCUT2D eigenvalue weighted by Gasteiger charge is -2.26. The van der Waals surface area contributed by atoms with E-state index in [0.717, 1.165) is 5.56 Å². The molecule has 1 fully saturated rings. The Bertz CT molecular complexity index is 1270. The van der Waals surface area contributed by atoms with Crippen LogP contribution in [0.25, 0.3) is 5.76 Å². The smallest absolute Gasteiger partial charge is 0.295 e. The van der Waals surface area contributed by atoms with Crippen molar-refractivity contribution in [2.75, 3.05) is 33.8 Å². The van der Waals surface area contributed by atoms with Gasteiger partial charge in [-0.3, -0.25) is 9.59 Å². The summed E-state index contributed by atoms with van der Waals surface area (Å²) < 4.78 is 11.5. The molecule has 4 rings (SSSR count). The molecular formula is C30H32N2O5. The van der Waals surface area contributed by atoms with Gasteiger partial charge in [-0.2, -0.15) is 0 Å². The van der Waals surface area contributed by atoms with Crippen LogP contribution in [0.3, 0.4) is 0 Å². The molecule has 7 nitrogen and oxygen atoms in total. The minimum Gasteiger partial charge on any atom is -0.507 e. The van der Waals surface area contributed by atoms with Gasteiger partial charge in [-0.25, -0.2) is 0 Å². The molecule has 1 heterocycles. The number of carbonyl (C=O) groups is 2. The average molecular weight is 501 g/mol. The fourth-order valence-electron chi connectivity index (χ4n) is 4.31. The second kappa shape index (κ2) is 11.8. The van der Waals surface area contributed by atoms with Gasteiger partial charge in [0.1, 0.15) is 23.9 Å². The molecule has 1 amide bonds. The summed E-state index contributed by atoms with van der Waals surface area (Å²) in [4.78, 5) is 29.8. The number of aliphatic hydroxyl groups is 1. The number of likely N-dealkylation sites (N-methyl/N-ethyl adjacent to an activating group) is 1. The predicted octanol–water partition coefficient (Wildman–Crippen LogP) is 4.65. The lowest BCUT2D eigenvalue weighted by atomic mass is 9.95. The van der Waals surface area contributed by atoms with Crippen molar-refractivity contribution in [2.45, 2.75) is 19.6 Å². The fraction of sp³-hybridized carbons (Fsp3) is 0.267. The van der Waals surface area contributed by atoms with Crippen molar-refractivity contribution in [3.63, 3.8) is 0 Å². The number of hydrogen-bond acceptors (Lipinski definition) is 6. The van der Waals surface area contributed by atoms with Crippen LogP contribution in [0.2, 0.25) is 0 Å². The molecule has 1 saturated heterocycles. The molecule has 37 heavy (non-hydrogen) atoms. The molecule has 0 aromatic heterocycles. The van der Waals surface area contributed by atoms with E-state index in [9.17, 15) is 14.7 Å². The summed E-state index contributed by atoms with van der Waals surface area (Å²) in [6, 6.07) is 23.3. The Morgan fingerprint density at radius 3 is 2.32 bits per heavy atom. The highest BCUT2D eigenvalue weighted by atomic mass is 16.5. The number of rotatable bonds is 10. The van der Waals surface area contributed by atoms with E-state index in [2.05, 4.69) is 0 Å². The highest BCUT2D eigenvalue weighted by Crippen LogP contribution is 2.40. The molecule has 1 aliphatic heterocycles. The van der Waals surface area contributed by atoms with Gasteiger partial charge >= 0.3 is 0 Å². The largest absolute Gasteiger partial charge is 0.507 e. The summed E-state index contributed by atoms with van der Waals surface area (Å²) in [5, 5.41) is 11.3. The Labute approximate surface area is 217 Å². The maximum absolute atomic E-state index is 13.2. The van der Waals surface area contributed by atoms with Crippen molar-refractivity contribution >= 4 is 17.4 Å². The molecule has 1 unspecified atom stereocenters. The minimum atomic E-state index is -0.723. The molecule has 0 aliphatic carbocycles. The fourth-order valence-corrected chi connectivity index (χ4v) is 4.31. The Morgan fingerprint density at radius 2 is 1.65 bits per heavy atom. The van der Waals surface area contributed by atoms with Gasteiger partial charge in [-0.1, -0.05) is 54.6 Å². The molecular weight excluding hydrogens is 468 g/mol. The van der Waals surface area contributed by atoms with Crippen molar-refractivity contribution in [1.29, 1.82) is 0 Å². The monoisotopic (exact) mass is 500 g/mol. The number of hydrogen-bond donors (Lipinski definition) is 1. The topological polar surface area (TPSA) is 79.3 Å². The number of ether oxygens (including phenoxy) is 2. The number of amides is 1. The molecule has 1 N–H and O–H groups in total. The summed E-state index contributed by atoms with van der Waals surface area (Å²) >= 11 is 0. The van der Waals surface area contributed by atoms with E-state index in [1.54, 1.807) is 24.3 Å². The van der Waals surface area contributed by atoms with Crippen LogP contribution in [-0.4, -0.2) is 60.4 Å². The number of nitrogens with zero attached hydrogens (tertiary/aromatic N) is 2. The first-order valence-corrected chi connectivity index (χ1v) is 12.3. The number of Topliss-reactive ketones (excluding diaryl/α,β-unsaturated/α-hetero) is 1. The van der Waals surface area contributed by atoms with E-state index in [1.807, 2.05) is 80.5 Å².